The Hall–Kier alpha value is -0.220. The Bertz CT molecular complexity index is 42.2. The lowest BCUT2D eigenvalue weighted by molar-refractivity contribution is -0.261. The maximum absolute atomic E-state index is 11.0. The Balaban J connectivity index is 2.95. The molecule has 0 fully saturated rings. The lowest BCUT2D eigenvalue weighted by atomic mass is 11.2. The third-order valence-electron chi connectivity index (χ3n) is 0.291. The van der Waals surface area contributed by atoms with Crippen molar-refractivity contribution in [2.24, 2.45) is 0 Å². The van der Waals surface area contributed by atoms with Crippen LogP contribution in [0.3, 0.4) is 0 Å². The number of halogens is 2. The predicted octanol–water partition coefficient (Wildman–Crippen LogP) is 0.702. The second-order valence-electron chi connectivity index (χ2n) is 1.18. The fourth-order valence-electron chi connectivity index (χ4n) is 0.159. The van der Waals surface area contributed by atoms with Gasteiger partial charge in [-0.05, 0) is 0 Å². The third-order valence-corrected chi connectivity index (χ3v) is 0.291. The van der Waals surface area contributed by atoms with Crippen molar-refractivity contribution in [3.05, 3.63) is 0 Å². The number of hydrogen-bond donors (Lipinski definition) is 0. The summed E-state index contributed by atoms with van der Waals surface area (Å²) in [6.07, 6.45) is 0. The lowest BCUT2D eigenvalue weighted by Crippen LogP contribution is -2.15. The molecule has 4 heteroatoms. The second kappa shape index (κ2) is 2.87. The molecule has 0 saturated carbocycles. The highest BCUT2D eigenvalue weighted by molar-refractivity contribution is 4.06. The van der Waals surface area contributed by atoms with E-state index in [1.165, 1.54) is 14.1 Å². The molecule has 0 aliphatic heterocycles. The molecular formula is C3H7F2NO. The molecule has 0 spiro atoms. The van der Waals surface area contributed by atoms with E-state index in [4.69, 9.17) is 0 Å². The van der Waals surface area contributed by atoms with E-state index in [0.717, 1.165) is 5.06 Å². The predicted molar refractivity (Wildman–Crippen MR) is 20.8 cm³/mol. The second-order valence-corrected chi connectivity index (χ2v) is 1.18. The van der Waals surface area contributed by atoms with Crippen LogP contribution in [0.1, 0.15) is 0 Å². The Morgan fingerprint density at radius 1 is 1.43 bits per heavy atom. The van der Waals surface area contributed by atoms with Gasteiger partial charge in [-0.15, -0.1) is 0 Å². The Morgan fingerprint density at radius 2 is 1.86 bits per heavy atom. The number of rotatable bonds is 2. The van der Waals surface area contributed by atoms with E-state index >= 15 is 0 Å². The monoisotopic (exact) mass is 111 g/mol. The van der Waals surface area contributed by atoms with Crippen LogP contribution >= 0.6 is 0 Å². The van der Waals surface area contributed by atoms with Gasteiger partial charge < -0.3 is 0 Å². The van der Waals surface area contributed by atoms with E-state index in [2.05, 4.69) is 4.84 Å². The molecule has 2 nitrogen and oxygen atoms in total. The molecule has 0 radical (unpaired) electrons. The molecule has 44 valence electrons. The molecule has 0 saturated heterocycles. The van der Waals surface area contributed by atoms with Crippen LogP contribution in [0.2, 0.25) is 0 Å². The summed E-state index contributed by atoms with van der Waals surface area (Å²) >= 11 is 0. The highest BCUT2D eigenvalue weighted by Crippen LogP contribution is 1.93. The molecule has 0 rings (SSSR count). The van der Waals surface area contributed by atoms with E-state index in [-0.39, 0.29) is 0 Å². The lowest BCUT2D eigenvalue weighted by Gasteiger charge is -2.06. The zero-order valence-electron chi connectivity index (χ0n) is 4.19. The molecule has 0 amide bonds. The molecule has 7 heavy (non-hydrogen) atoms. The molecule has 0 aliphatic carbocycles. The van der Waals surface area contributed by atoms with Crippen LogP contribution in [-0.4, -0.2) is 25.8 Å². The number of hydroxylamine groups is 2. The summed E-state index contributed by atoms with van der Waals surface area (Å²) in [5.41, 5.74) is 0. The zero-order chi connectivity index (χ0) is 5.86. The van der Waals surface area contributed by atoms with Crippen LogP contribution in [0.15, 0.2) is 0 Å². The quantitative estimate of drug-likeness (QED) is 0.486. The molecular weight excluding hydrogens is 104 g/mol. The minimum Gasteiger partial charge on any atom is -0.232 e. The first-order valence-electron chi connectivity index (χ1n) is 1.75. The van der Waals surface area contributed by atoms with E-state index in [1.807, 2.05) is 0 Å². The molecule has 0 bridgehead atoms. The summed E-state index contributed by atoms with van der Waals surface area (Å²) in [5, 5.41) is 0.949. The van der Waals surface area contributed by atoms with Crippen molar-refractivity contribution in [2.75, 3.05) is 14.1 Å². The van der Waals surface area contributed by atoms with Gasteiger partial charge >= 0.3 is 6.61 Å². The first kappa shape index (κ1) is 6.78. The van der Waals surface area contributed by atoms with E-state index in [9.17, 15) is 8.78 Å². The summed E-state index contributed by atoms with van der Waals surface area (Å²) in [4.78, 5) is 3.75. The SMILES string of the molecule is CN(C)OC(F)F. The summed E-state index contributed by atoms with van der Waals surface area (Å²) in [6, 6.07) is 0. The molecule has 0 aromatic heterocycles. The van der Waals surface area contributed by atoms with Gasteiger partial charge in [-0.3, -0.25) is 0 Å². The number of hydrogen-bond acceptors (Lipinski definition) is 2. The standard InChI is InChI=1S/C3H7F2NO/c1-6(2)7-3(4)5/h3H,1-2H3. The van der Waals surface area contributed by atoms with Crippen molar-refractivity contribution >= 4 is 0 Å². The highest BCUT2D eigenvalue weighted by Gasteiger charge is 2.00. The topological polar surface area (TPSA) is 12.5 Å². The van der Waals surface area contributed by atoms with Crippen molar-refractivity contribution in [3.8, 4) is 0 Å². The minimum absolute atomic E-state index is 0.949. The average Bonchev–Trinajstić information content (AvgIpc) is 1.27. The van der Waals surface area contributed by atoms with Crippen molar-refractivity contribution in [3.63, 3.8) is 0 Å². The molecule has 0 aromatic carbocycles. The highest BCUT2D eigenvalue weighted by atomic mass is 19.3. The first-order chi connectivity index (χ1) is 3.13. The molecule has 0 aliphatic rings. The van der Waals surface area contributed by atoms with Crippen LogP contribution in [0, 0.1) is 0 Å². The Kier molecular flexibility index (Phi) is 2.78. The summed E-state index contributed by atoms with van der Waals surface area (Å²) in [5.74, 6) is 0. The van der Waals surface area contributed by atoms with Gasteiger partial charge in [0, 0.05) is 14.1 Å². The number of nitrogens with zero attached hydrogens (tertiary/aromatic N) is 1. The van der Waals surface area contributed by atoms with E-state index < -0.39 is 6.61 Å². The number of alkyl halides is 2. The smallest absolute Gasteiger partial charge is 0.232 e. The average molecular weight is 111 g/mol. The fourth-order valence-corrected chi connectivity index (χ4v) is 0.159. The first-order valence-corrected chi connectivity index (χ1v) is 1.75. The molecule has 0 aromatic rings. The van der Waals surface area contributed by atoms with Crippen molar-refractivity contribution < 1.29 is 13.6 Å². The van der Waals surface area contributed by atoms with Crippen LogP contribution in [-0.2, 0) is 4.84 Å². The molecule has 0 heterocycles. The molecule has 0 atom stereocenters. The van der Waals surface area contributed by atoms with Gasteiger partial charge in [-0.1, -0.05) is 0 Å². The van der Waals surface area contributed by atoms with Gasteiger partial charge in [0.1, 0.15) is 0 Å². The third kappa shape index (κ3) is 5.78. The van der Waals surface area contributed by atoms with Gasteiger partial charge in [-0.25, -0.2) is 4.84 Å². The van der Waals surface area contributed by atoms with E-state index in [0.29, 0.717) is 0 Å². The van der Waals surface area contributed by atoms with Gasteiger partial charge in [0.15, 0.2) is 0 Å². The van der Waals surface area contributed by atoms with Crippen molar-refractivity contribution in [1.82, 2.24) is 5.06 Å². The maximum atomic E-state index is 11.0. The Labute approximate surface area is 40.6 Å². The molecule has 0 unspecified atom stereocenters. The van der Waals surface area contributed by atoms with Crippen molar-refractivity contribution in [2.45, 2.75) is 6.61 Å². The van der Waals surface area contributed by atoms with Gasteiger partial charge in [0.05, 0.1) is 0 Å². The van der Waals surface area contributed by atoms with Crippen LogP contribution in [0.4, 0.5) is 8.78 Å². The van der Waals surface area contributed by atoms with Crippen LogP contribution in [0.25, 0.3) is 0 Å². The fraction of sp³-hybridized carbons (Fsp3) is 1.00. The van der Waals surface area contributed by atoms with E-state index in [1.54, 1.807) is 0 Å². The summed E-state index contributed by atoms with van der Waals surface area (Å²) in [6.45, 7) is -2.70. The van der Waals surface area contributed by atoms with Crippen LogP contribution < -0.4 is 0 Å². The Morgan fingerprint density at radius 3 is 1.86 bits per heavy atom. The normalized spacial score (nSPS) is 11.1. The summed E-state index contributed by atoms with van der Waals surface area (Å²) < 4.78 is 22.0. The van der Waals surface area contributed by atoms with Gasteiger partial charge in [-0.2, -0.15) is 13.8 Å². The largest absolute Gasteiger partial charge is 0.360 e. The van der Waals surface area contributed by atoms with Gasteiger partial charge in [0.25, 0.3) is 0 Å². The molecule has 0 N–H and O–H groups in total. The maximum Gasteiger partial charge on any atom is 0.360 e. The van der Waals surface area contributed by atoms with Gasteiger partial charge in [0.2, 0.25) is 0 Å². The van der Waals surface area contributed by atoms with Crippen molar-refractivity contribution in [1.29, 1.82) is 0 Å². The summed E-state index contributed by atoms with van der Waals surface area (Å²) in [7, 11) is 2.79. The minimum atomic E-state index is -2.70. The van der Waals surface area contributed by atoms with Crippen LogP contribution in [0.5, 0.6) is 0 Å². The zero-order valence-corrected chi connectivity index (χ0v) is 4.19.